The van der Waals surface area contributed by atoms with Crippen LogP contribution in [0.5, 0.6) is 23.0 Å². The van der Waals surface area contributed by atoms with Crippen LogP contribution >= 0.6 is 0 Å². The number of methoxy groups -OCH3 is 2. The van der Waals surface area contributed by atoms with Gasteiger partial charge in [-0.05, 0) is 72.9 Å². The molecule has 1 amide bonds. The lowest BCUT2D eigenvalue weighted by atomic mass is 9.93. The van der Waals surface area contributed by atoms with E-state index in [0.717, 1.165) is 24.0 Å². The Balaban J connectivity index is 0.00000190. The maximum absolute atomic E-state index is 13.4. The van der Waals surface area contributed by atoms with Crippen LogP contribution in [0.15, 0.2) is 48.5 Å². The molecule has 0 unspecified atom stereocenters. The molecule has 1 saturated carbocycles. The number of fused-ring (bicyclic) bond motifs is 1. The third-order valence-corrected chi connectivity index (χ3v) is 6.65. The monoisotopic (exact) mass is 479 g/mol. The average molecular weight is 480 g/mol. The number of carbonyl (C=O) groups is 2. The Morgan fingerprint density at radius 3 is 2.34 bits per heavy atom. The molecule has 8 nitrogen and oxygen atoms in total. The van der Waals surface area contributed by atoms with Gasteiger partial charge in [-0.1, -0.05) is 12.1 Å². The number of hydrogen-bond donors (Lipinski definition) is 2. The number of ether oxygens (including phenoxy) is 4. The van der Waals surface area contributed by atoms with Gasteiger partial charge in [-0.25, -0.2) is 4.79 Å². The normalized spacial score (nSPS) is 14.8. The standard InChI is InChI=1S/C27H25NO7.2H2/c1-15-4-6-17(11-18(15)19-12-22(32-2)23(33-3)13-20(19)25(29)30)28-26(31)27(8-9-27)16-5-7-21-24(10-16)35-14-34-21;;/h4-7,10-13H,8-9,14H2,1-3H3,(H,28,31)(H,29,30);2*1H. The molecule has 0 bridgehead atoms. The van der Waals surface area contributed by atoms with Crippen molar-refractivity contribution in [2.75, 3.05) is 26.3 Å². The summed E-state index contributed by atoms with van der Waals surface area (Å²) in [6.07, 6.45) is 1.46. The van der Waals surface area contributed by atoms with E-state index in [1.54, 1.807) is 12.1 Å². The van der Waals surface area contributed by atoms with Crippen LogP contribution in [-0.4, -0.2) is 38.0 Å². The lowest BCUT2D eigenvalue weighted by Gasteiger charge is -2.18. The van der Waals surface area contributed by atoms with Gasteiger partial charge in [0.2, 0.25) is 12.7 Å². The van der Waals surface area contributed by atoms with Gasteiger partial charge in [-0.2, -0.15) is 0 Å². The molecule has 5 rings (SSSR count). The molecule has 35 heavy (non-hydrogen) atoms. The molecule has 0 aromatic heterocycles. The number of hydrogen-bond acceptors (Lipinski definition) is 6. The Hall–Kier alpha value is -4.20. The first-order valence-electron chi connectivity index (χ1n) is 11.2. The number of nitrogens with one attached hydrogen (secondary N) is 1. The Morgan fingerprint density at radius 2 is 1.66 bits per heavy atom. The number of carboxylic acids is 1. The molecule has 2 N–H and O–H groups in total. The average Bonchev–Trinajstić information content (AvgIpc) is 3.55. The maximum atomic E-state index is 13.4. The van der Waals surface area contributed by atoms with Gasteiger partial charge in [0.25, 0.3) is 0 Å². The van der Waals surface area contributed by atoms with E-state index in [9.17, 15) is 14.7 Å². The summed E-state index contributed by atoms with van der Waals surface area (Å²) in [7, 11) is 2.95. The van der Waals surface area contributed by atoms with Crippen LogP contribution in [-0.2, 0) is 10.2 Å². The van der Waals surface area contributed by atoms with Gasteiger partial charge in [0, 0.05) is 14.1 Å². The lowest BCUT2D eigenvalue weighted by Crippen LogP contribution is -2.27. The van der Waals surface area contributed by atoms with E-state index < -0.39 is 11.4 Å². The zero-order valence-corrected chi connectivity index (χ0v) is 19.6. The zero-order chi connectivity index (χ0) is 24.7. The summed E-state index contributed by atoms with van der Waals surface area (Å²) in [5.41, 5.74) is 2.92. The van der Waals surface area contributed by atoms with Crippen molar-refractivity contribution in [3.05, 3.63) is 65.2 Å². The highest BCUT2D eigenvalue weighted by molar-refractivity contribution is 6.03. The molecule has 0 saturated heterocycles. The molecule has 3 aromatic rings. The number of amides is 1. The van der Waals surface area contributed by atoms with Gasteiger partial charge >= 0.3 is 5.97 Å². The predicted molar refractivity (Wildman–Crippen MR) is 133 cm³/mol. The molecule has 1 aliphatic heterocycles. The highest BCUT2D eigenvalue weighted by Crippen LogP contribution is 2.51. The summed E-state index contributed by atoms with van der Waals surface area (Å²) in [5, 5.41) is 12.9. The number of benzene rings is 3. The molecular weight excluding hydrogens is 450 g/mol. The Kier molecular flexibility index (Phi) is 5.51. The van der Waals surface area contributed by atoms with Crippen molar-refractivity contribution in [3.63, 3.8) is 0 Å². The van der Waals surface area contributed by atoms with Crippen LogP contribution in [0, 0.1) is 6.92 Å². The Morgan fingerprint density at radius 1 is 0.943 bits per heavy atom. The van der Waals surface area contributed by atoms with Crippen LogP contribution in [0.1, 0.15) is 37.2 Å². The Labute approximate surface area is 205 Å². The number of aromatic carboxylic acids is 1. The highest BCUT2D eigenvalue weighted by atomic mass is 16.7. The third-order valence-electron chi connectivity index (χ3n) is 6.65. The van der Waals surface area contributed by atoms with Crippen molar-refractivity contribution in [2.24, 2.45) is 0 Å². The first-order chi connectivity index (χ1) is 16.9. The number of carboxylic acid groups (broad SMARTS) is 1. The fourth-order valence-electron chi connectivity index (χ4n) is 4.49. The van der Waals surface area contributed by atoms with E-state index in [0.29, 0.717) is 39.8 Å². The van der Waals surface area contributed by atoms with Crippen molar-refractivity contribution < 1.29 is 36.5 Å². The molecule has 1 heterocycles. The predicted octanol–water partition coefficient (Wildman–Crippen LogP) is 5.27. The second kappa shape index (κ2) is 8.54. The van der Waals surface area contributed by atoms with E-state index in [-0.39, 0.29) is 21.1 Å². The number of rotatable bonds is 7. The van der Waals surface area contributed by atoms with E-state index in [2.05, 4.69) is 5.32 Å². The van der Waals surface area contributed by atoms with Gasteiger partial charge in [-0.15, -0.1) is 0 Å². The SMILES string of the molecule is COc1cc(C(=O)O)c(-c2cc(NC(=O)C3(c4ccc5c(c4)OCO5)CC3)ccc2C)cc1OC.[HH].[HH]. The molecule has 0 radical (unpaired) electrons. The largest absolute Gasteiger partial charge is 0.493 e. The van der Waals surface area contributed by atoms with Gasteiger partial charge in [0.15, 0.2) is 23.0 Å². The molecule has 2 aliphatic rings. The molecule has 1 aliphatic carbocycles. The third kappa shape index (κ3) is 3.90. The maximum Gasteiger partial charge on any atom is 0.336 e. The number of carbonyl (C=O) groups excluding carboxylic acids is 1. The van der Waals surface area contributed by atoms with Crippen LogP contribution in [0.3, 0.4) is 0 Å². The van der Waals surface area contributed by atoms with Gasteiger partial charge in [0.1, 0.15) is 0 Å². The van der Waals surface area contributed by atoms with Crippen molar-refractivity contribution in [3.8, 4) is 34.1 Å². The van der Waals surface area contributed by atoms with Crippen molar-refractivity contribution in [1.82, 2.24) is 0 Å². The first-order valence-corrected chi connectivity index (χ1v) is 11.2. The minimum absolute atomic E-state index is 0. The summed E-state index contributed by atoms with van der Waals surface area (Å²) < 4.78 is 21.5. The van der Waals surface area contributed by atoms with E-state index >= 15 is 0 Å². The molecule has 0 atom stereocenters. The second-order valence-corrected chi connectivity index (χ2v) is 8.69. The van der Waals surface area contributed by atoms with Gasteiger partial charge in [0.05, 0.1) is 25.2 Å². The van der Waals surface area contributed by atoms with Crippen LogP contribution in [0.25, 0.3) is 11.1 Å². The molecule has 1 fully saturated rings. The first kappa shape index (κ1) is 22.6. The lowest BCUT2D eigenvalue weighted by molar-refractivity contribution is -0.118. The summed E-state index contributed by atoms with van der Waals surface area (Å²) in [5.74, 6) is 0.869. The molecule has 3 aromatic carbocycles. The summed E-state index contributed by atoms with van der Waals surface area (Å²) in [4.78, 5) is 25.4. The topological polar surface area (TPSA) is 103 Å². The van der Waals surface area contributed by atoms with Crippen molar-refractivity contribution >= 4 is 17.6 Å². The van der Waals surface area contributed by atoms with E-state index in [1.807, 2.05) is 37.3 Å². The van der Waals surface area contributed by atoms with Crippen molar-refractivity contribution in [1.29, 1.82) is 0 Å². The van der Waals surface area contributed by atoms with Crippen LogP contribution in [0.2, 0.25) is 0 Å². The zero-order valence-electron chi connectivity index (χ0n) is 19.6. The quantitative estimate of drug-likeness (QED) is 0.476. The molecule has 8 heteroatoms. The second-order valence-electron chi connectivity index (χ2n) is 8.69. The van der Waals surface area contributed by atoms with E-state index in [4.69, 9.17) is 18.9 Å². The minimum atomic E-state index is -1.09. The smallest absolute Gasteiger partial charge is 0.336 e. The van der Waals surface area contributed by atoms with E-state index in [1.165, 1.54) is 20.3 Å². The minimum Gasteiger partial charge on any atom is -0.493 e. The number of anilines is 1. The molecular formula is C27H29NO7. The van der Waals surface area contributed by atoms with Gasteiger partial charge < -0.3 is 29.4 Å². The molecule has 184 valence electrons. The fourth-order valence-corrected chi connectivity index (χ4v) is 4.49. The molecule has 0 spiro atoms. The van der Waals surface area contributed by atoms with Gasteiger partial charge in [-0.3, -0.25) is 4.79 Å². The fraction of sp³-hybridized carbons (Fsp3) is 0.259. The summed E-state index contributed by atoms with van der Waals surface area (Å²) >= 11 is 0. The van der Waals surface area contributed by atoms with Crippen LogP contribution in [0.4, 0.5) is 5.69 Å². The van der Waals surface area contributed by atoms with Crippen molar-refractivity contribution in [2.45, 2.75) is 25.2 Å². The summed E-state index contributed by atoms with van der Waals surface area (Å²) in [6, 6.07) is 14.2. The highest BCUT2D eigenvalue weighted by Gasteiger charge is 2.51. The number of aryl methyl sites for hydroxylation is 1. The van der Waals surface area contributed by atoms with Crippen LogP contribution < -0.4 is 24.3 Å². The summed E-state index contributed by atoms with van der Waals surface area (Å²) in [6.45, 7) is 2.07. The Bertz CT molecular complexity index is 1350.